The molecule has 4 aromatic rings. The predicted molar refractivity (Wildman–Crippen MR) is 166 cm³/mol. The molecule has 214 valence electrons. The van der Waals surface area contributed by atoms with Crippen LogP contribution in [0.2, 0.25) is 51.4 Å². The highest BCUT2D eigenvalue weighted by Gasteiger charge is 2.19. The summed E-state index contributed by atoms with van der Waals surface area (Å²) in [6.07, 6.45) is 5.06. The third kappa shape index (κ3) is 7.64. The van der Waals surface area contributed by atoms with Gasteiger partial charge in [0.2, 0.25) is 0 Å². The number of carbonyl (C=O) groups is 1. The number of rotatable bonds is 13. The molecule has 12 heteroatoms. The second kappa shape index (κ2) is 12.3. The molecular formula is C28H38N4O5SSi2. The molecule has 1 N–H and O–H groups in total. The van der Waals surface area contributed by atoms with E-state index >= 15 is 0 Å². The Labute approximate surface area is 240 Å². The standard InChI is InChI=1S/C28H38N4O5SSi2/c1-39(2,3)12-10-36-18-31-16-23(21-8-7-9-29-25(21)31)24-17-38-26(30-24)22-14-20(28(34)35)15-32(27(22)33)19-37-11-13-40(4,5)6/h7-9,14-17H,10-13,18-19H2,1-6H3,(H,34,35). The quantitative estimate of drug-likeness (QED) is 0.142. The lowest BCUT2D eigenvalue weighted by Crippen LogP contribution is -2.26. The fraction of sp³-hybridized carbons (Fsp3) is 0.429. The van der Waals surface area contributed by atoms with Crippen LogP contribution < -0.4 is 5.56 Å². The first-order valence-electron chi connectivity index (χ1n) is 13.4. The average molecular weight is 599 g/mol. The molecule has 0 amide bonds. The number of fused-ring (bicyclic) bond motifs is 1. The Morgan fingerprint density at radius 1 is 0.975 bits per heavy atom. The summed E-state index contributed by atoms with van der Waals surface area (Å²) in [5.41, 5.74) is 2.28. The van der Waals surface area contributed by atoms with Gasteiger partial charge in [0.05, 0.1) is 16.8 Å². The van der Waals surface area contributed by atoms with E-state index in [-0.39, 0.29) is 23.4 Å². The van der Waals surface area contributed by atoms with Crippen LogP contribution in [-0.4, -0.2) is 59.5 Å². The molecule has 0 aromatic carbocycles. The number of aromatic carboxylic acids is 1. The van der Waals surface area contributed by atoms with Gasteiger partial charge in [0.25, 0.3) is 5.56 Å². The molecule has 0 aliphatic rings. The minimum absolute atomic E-state index is 0.00741. The number of carboxylic acid groups (broad SMARTS) is 1. The topological polar surface area (TPSA) is 108 Å². The van der Waals surface area contributed by atoms with E-state index in [1.54, 1.807) is 6.20 Å². The zero-order valence-electron chi connectivity index (χ0n) is 24.1. The van der Waals surface area contributed by atoms with Crippen molar-refractivity contribution in [2.45, 2.75) is 64.8 Å². The molecule has 4 aromatic heterocycles. The zero-order valence-corrected chi connectivity index (χ0v) is 26.9. The van der Waals surface area contributed by atoms with Crippen molar-refractivity contribution in [3.8, 4) is 21.8 Å². The highest BCUT2D eigenvalue weighted by molar-refractivity contribution is 7.13. The molecule has 0 unspecified atom stereocenters. The third-order valence-electron chi connectivity index (χ3n) is 6.43. The summed E-state index contributed by atoms with van der Waals surface area (Å²) in [5, 5.41) is 13.0. The first-order chi connectivity index (χ1) is 18.8. The van der Waals surface area contributed by atoms with Gasteiger partial charge in [-0.25, -0.2) is 14.8 Å². The molecule has 0 saturated carbocycles. The summed E-state index contributed by atoms with van der Waals surface area (Å²) in [6.45, 7) is 15.3. The molecule has 0 fully saturated rings. The summed E-state index contributed by atoms with van der Waals surface area (Å²) < 4.78 is 15.0. The van der Waals surface area contributed by atoms with E-state index in [0.29, 0.717) is 30.6 Å². The second-order valence-corrected chi connectivity index (χ2v) is 24.4. The Balaban J connectivity index is 1.62. The Morgan fingerprint density at radius 2 is 1.62 bits per heavy atom. The maximum absolute atomic E-state index is 13.4. The van der Waals surface area contributed by atoms with Gasteiger partial charge in [-0.05, 0) is 30.3 Å². The van der Waals surface area contributed by atoms with Gasteiger partial charge >= 0.3 is 5.97 Å². The predicted octanol–water partition coefficient (Wildman–Crippen LogP) is 6.31. The van der Waals surface area contributed by atoms with Gasteiger partial charge in [-0.2, -0.15) is 0 Å². The van der Waals surface area contributed by atoms with Gasteiger partial charge in [-0.3, -0.25) is 9.36 Å². The second-order valence-electron chi connectivity index (χ2n) is 12.3. The van der Waals surface area contributed by atoms with Crippen LogP contribution >= 0.6 is 11.3 Å². The van der Waals surface area contributed by atoms with Crippen LogP contribution in [0, 0.1) is 0 Å². The normalized spacial score (nSPS) is 12.3. The summed E-state index contributed by atoms with van der Waals surface area (Å²) in [6, 6.07) is 7.30. The van der Waals surface area contributed by atoms with Gasteiger partial charge < -0.3 is 19.1 Å². The lowest BCUT2D eigenvalue weighted by Gasteiger charge is -2.16. The largest absolute Gasteiger partial charge is 0.478 e. The van der Waals surface area contributed by atoms with Crippen LogP contribution in [0.25, 0.3) is 32.9 Å². The number of thiazole rings is 1. The number of hydrogen-bond acceptors (Lipinski definition) is 7. The Bertz CT molecular complexity index is 1550. The average Bonchev–Trinajstić information content (AvgIpc) is 3.49. The van der Waals surface area contributed by atoms with Gasteiger partial charge in [0, 0.05) is 64.3 Å². The molecule has 0 radical (unpaired) electrons. The fourth-order valence-corrected chi connectivity index (χ4v) is 6.37. The van der Waals surface area contributed by atoms with E-state index < -0.39 is 22.1 Å². The highest BCUT2D eigenvalue weighted by Crippen LogP contribution is 2.33. The Morgan fingerprint density at radius 3 is 2.25 bits per heavy atom. The summed E-state index contributed by atoms with van der Waals surface area (Å²) in [4.78, 5) is 34.6. The lowest BCUT2D eigenvalue weighted by atomic mass is 10.1. The SMILES string of the molecule is C[Si](C)(C)CCOCn1cc(C(=O)O)cc(-c2nc(-c3cn(COCC[Si](C)(C)C)c4ncccc34)cs2)c1=O. The first kappa shape index (κ1) is 30.1. The van der Waals surface area contributed by atoms with Crippen molar-refractivity contribution >= 4 is 44.5 Å². The highest BCUT2D eigenvalue weighted by atomic mass is 32.1. The van der Waals surface area contributed by atoms with Crippen molar-refractivity contribution in [1.29, 1.82) is 0 Å². The van der Waals surface area contributed by atoms with Crippen LogP contribution in [0.15, 0.2) is 47.0 Å². The monoisotopic (exact) mass is 598 g/mol. The van der Waals surface area contributed by atoms with Crippen molar-refractivity contribution in [3.05, 3.63) is 58.1 Å². The molecule has 0 aliphatic heterocycles. The van der Waals surface area contributed by atoms with E-state index in [1.165, 1.54) is 28.2 Å². The maximum Gasteiger partial charge on any atom is 0.337 e. The van der Waals surface area contributed by atoms with Crippen molar-refractivity contribution in [2.75, 3.05) is 13.2 Å². The minimum atomic E-state index is -1.29. The number of pyridine rings is 2. The van der Waals surface area contributed by atoms with E-state index in [2.05, 4.69) is 44.3 Å². The fourth-order valence-electron chi connectivity index (χ4n) is 4.03. The van der Waals surface area contributed by atoms with Crippen LogP contribution in [0.3, 0.4) is 0 Å². The van der Waals surface area contributed by atoms with Crippen molar-refractivity contribution in [2.24, 2.45) is 0 Å². The summed E-state index contributed by atoms with van der Waals surface area (Å²) in [7, 11) is -2.49. The zero-order chi connectivity index (χ0) is 29.1. The number of hydrogen-bond donors (Lipinski definition) is 1. The van der Waals surface area contributed by atoms with Crippen LogP contribution in [0.1, 0.15) is 10.4 Å². The van der Waals surface area contributed by atoms with Crippen LogP contribution in [0.5, 0.6) is 0 Å². The molecule has 4 rings (SSSR count). The Kier molecular flexibility index (Phi) is 9.25. The molecule has 0 atom stereocenters. The van der Waals surface area contributed by atoms with E-state index in [4.69, 9.17) is 14.5 Å². The number of aromatic nitrogens is 4. The first-order valence-corrected chi connectivity index (χ1v) is 21.7. The van der Waals surface area contributed by atoms with Gasteiger partial charge in [-0.15, -0.1) is 11.3 Å². The molecule has 0 aliphatic carbocycles. The molecule has 0 spiro atoms. The van der Waals surface area contributed by atoms with E-state index in [9.17, 15) is 14.7 Å². The molecule has 9 nitrogen and oxygen atoms in total. The lowest BCUT2D eigenvalue weighted by molar-refractivity contribution is 0.0688. The molecule has 4 heterocycles. The van der Waals surface area contributed by atoms with Crippen molar-refractivity contribution in [3.63, 3.8) is 0 Å². The Hall–Kier alpha value is -2.91. The van der Waals surface area contributed by atoms with Crippen LogP contribution in [-0.2, 0) is 22.9 Å². The maximum atomic E-state index is 13.4. The smallest absolute Gasteiger partial charge is 0.337 e. The van der Waals surface area contributed by atoms with Crippen LogP contribution in [0.4, 0.5) is 0 Å². The third-order valence-corrected chi connectivity index (χ3v) is 10.7. The van der Waals surface area contributed by atoms with Gasteiger partial charge in [0.1, 0.15) is 24.1 Å². The van der Waals surface area contributed by atoms with E-state index in [1.807, 2.05) is 28.3 Å². The number of nitrogens with zero attached hydrogens (tertiary/aromatic N) is 4. The molecular weight excluding hydrogens is 561 g/mol. The van der Waals surface area contributed by atoms with E-state index in [0.717, 1.165) is 28.7 Å². The van der Waals surface area contributed by atoms with Gasteiger partial charge in [-0.1, -0.05) is 39.3 Å². The summed E-state index contributed by atoms with van der Waals surface area (Å²) >= 11 is 1.31. The minimum Gasteiger partial charge on any atom is -0.478 e. The molecule has 0 saturated heterocycles. The molecule has 40 heavy (non-hydrogen) atoms. The van der Waals surface area contributed by atoms with Crippen molar-refractivity contribution < 1.29 is 19.4 Å². The number of ether oxygens (including phenoxy) is 2. The molecule has 0 bridgehead atoms. The number of carboxylic acids is 1. The van der Waals surface area contributed by atoms with Gasteiger partial charge in [0.15, 0.2) is 0 Å². The van der Waals surface area contributed by atoms with Crippen molar-refractivity contribution in [1.82, 2.24) is 19.1 Å². The summed E-state index contributed by atoms with van der Waals surface area (Å²) in [5.74, 6) is -1.11.